The molecule has 0 amide bonds. The molecule has 1 heterocycles. The molecule has 0 spiro atoms. The summed E-state index contributed by atoms with van der Waals surface area (Å²) in [6.07, 6.45) is 2.07. The van der Waals surface area contributed by atoms with E-state index in [-0.39, 0.29) is 12.0 Å². The fourth-order valence-electron chi connectivity index (χ4n) is 1.43. The monoisotopic (exact) mass is 157 g/mol. The van der Waals surface area contributed by atoms with Crippen molar-refractivity contribution in [1.29, 1.82) is 0 Å². The summed E-state index contributed by atoms with van der Waals surface area (Å²) < 4.78 is 4.64. The van der Waals surface area contributed by atoms with Crippen LogP contribution in [0.15, 0.2) is 0 Å². The lowest BCUT2D eigenvalue weighted by molar-refractivity contribution is -0.144. The van der Waals surface area contributed by atoms with E-state index in [1.807, 2.05) is 0 Å². The minimum Gasteiger partial charge on any atom is -0.468 e. The lowest BCUT2D eigenvalue weighted by Crippen LogP contribution is -2.43. The van der Waals surface area contributed by atoms with Gasteiger partial charge in [0.15, 0.2) is 0 Å². The predicted molar refractivity (Wildman–Crippen MR) is 42.2 cm³/mol. The summed E-state index contributed by atoms with van der Waals surface area (Å²) in [5.74, 6) is 0.511. The number of ether oxygens (including phenoxy) is 1. The van der Waals surface area contributed by atoms with Crippen LogP contribution in [0.4, 0.5) is 0 Å². The van der Waals surface area contributed by atoms with Crippen LogP contribution in [0.5, 0.6) is 0 Å². The van der Waals surface area contributed by atoms with Gasteiger partial charge in [0.05, 0.1) is 7.11 Å². The molecular formula is C8H15NO2. The van der Waals surface area contributed by atoms with Crippen LogP contribution in [-0.4, -0.2) is 25.7 Å². The van der Waals surface area contributed by atoms with Crippen molar-refractivity contribution in [1.82, 2.24) is 5.32 Å². The van der Waals surface area contributed by atoms with Gasteiger partial charge in [-0.15, -0.1) is 0 Å². The highest BCUT2D eigenvalue weighted by Crippen LogP contribution is 2.15. The molecule has 3 heteroatoms. The normalized spacial score (nSPS) is 31.5. The Morgan fingerprint density at radius 1 is 1.64 bits per heavy atom. The Morgan fingerprint density at radius 2 is 2.36 bits per heavy atom. The summed E-state index contributed by atoms with van der Waals surface area (Å²) in [6, 6.07) is -0.0660. The van der Waals surface area contributed by atoms with Gasteiger partial charge in [0, 0.05) is 0 Å². The molecule has 0 aromatic rings. The third kappa shape index (κ3) is 2.19. The van der Waals surface area contributed by atoms with Crippen LogP contribution in [0.1, 0.15) is 19.8 Å². The van der Waals surface area contributed by atoms with Gasteiger partial charge in [-0.25, -0.2) is 0 Å². The maximum Gasteiger partial charge on any atom is 0.322 e. The van der Waals surface area contributed by atoms with Crippen molar-refractivity contribution in [3.8, 4) is 0 Å². The number of nitrogens with one attached hydrogen (secondary N) is 1. The first-order valence-corrected chi connectivity index (χ1v) is 4.05. The number of carbonyl (C=O) groups is 1. The second kappa shape index (κ2) is 3.72. The quantitative estimate of drug-likeness (QED) is 0.565. The molecule has 1 saturated heterocycles. The van der Waals surface area contributed by atoms with Crippen molar-refractivity contribution >= 4 is 5.97 Å². The number of esters is 1. The standard InChI is InChI=1S/C8H15NO2/c1-6-3-4-9-7(5-6)8(10)11-2/h6-7,9H,3-5H2,1-2H3/t6-,7+/m1/s1. The van der Waals surface area contributed by atoms with Crippen molar-refractivity contribution in [3.63, 3.8) is 0 Å². The van der Waals surface area contributed by atoms with Crippen molar-refractivity contribution in [3.05, 3.63) is 0 Å². The Labute approximate surface area is 67.1 Å². The zero-order chi connectivity index (χ0) is 8.27. The zero-order valence-electron chi connectivity index (χ0n) is 7.09. The number of rotatable bonds is 1. The first kappa shape index (κ1) is 8.53. The van der Waals surface area contributed by atoms with Crippen LogP contribution in [0, 0.1) is 5.92 Å². The van der Waals surface area contributed by atoms with Gasteiger partial charge in [0.25, 0.3) is 0 Å². The fraction of sp³-hybridized carbons (Fsp3) is 0.875. The molecule has 2 atom stereocenters. The fourth-order valence-corrected chi connectivity index (χ4v) is 1.43. The maximum absolute atomic E-state index is 11.0. The van der Waals surface area contributed by atoms with Crippen molar-refractivity contribution in [2.24, 2.45) is 5.92 Å². The molecule has 1 N–H and O–H groups in total. The smallest absolute Gasteiger partial charge is 0.322 e. The van der Waals surface area contributed by atoms with Gasteiger partial charge in [0.2, 0.25) is 0 Å². The van der Waals surface area contributed by atoms with Crippen molar-refractivity contribution < 1.29 is 9.53 Å². The Kier molecular flexibility index (Phi) is 2.88. The number of carbonyl (C=O) groups excluding carboxylic acids is 1. The van der Waals surface area contributed by atoms with Gasteiger partial charge >= 0.3 is 5.97 Å². The number of hydrogen-bond donors (Lipinski definition) is 1. The molecule has 1 rings (SSSR count). The third-order valence-electron chi connectivity index (χ3n) is 2.15. The van der Waals surface area contributed by atoms with Gasteiger partial charge in [-0.05, 0) is 25.3 Å². The molecule has 11 heavy (non-hydrogen) atoms. The Bertz CT molecular complexity index is 147. The summed E-state index contributed by atoms with van der Waals surface area (Å²) in [5.41, 5.74) is 0. The molecule has 0 saturated carbocycles. The molecule has 0 aromatic carbocycles. The largest absolute Gasteiger partial charge is 0.468 e. The van der Waals surface area contributed by atoms with Crippen LogP contribution >= 0.6 is 0 Å². The molecular weight excluding hydrogens is 142 g/mol. The first-order valence-electron chi connectivity index (χ1n) is 4.05. The van der Waals surface area contributed by atoms with Gasteiger partial charge in [-0.1, -0.05) is 6.92 Å². The van der Waals surface area contributed by atoms with Crippen LogP contribution in [0.3, 0.4) is 0 Å². The maximum atomic E-state index is 11.0. The van der Waals surface area contributed by atoms with Gasteiger partial charge in [-0.3, -0.25) is 4.79 Å². The average molecular weight is 157 g/mol. The van der Waals surface area contributed by atoms with Crippen molar-refractivity contribution in [2.75, 3.05) is 13.7 Å². The lowest BCUT2D eigenvalue weighted by Gasteiger charge is -2.25. The zero-order valence-corrected chi connectivity index (χ0v) is 7.09. The molecule has 0 radical (unpaired) electrons. The van der Waals surface area contributed by atoms with Crippen LogP contribution in [-0.2, 0) is 9.53 Å². The predicted octanol–water partition coefficient (Wildman–Crippen LogP) is 0.547. The van der Waals surface area contributed by atoms with Gasteiger partial charge < -0.3 is 10.1 Å². The highest BCUT2D eigenvalue weighted by molar-refractivity contribution is 5.75. The summed E-state index contributed by atoms with van der Waals surface area (Å²) in [5, 5.41) is 3.13. The highest BCUT2D eigenvalue weighted by atomic mass is 16.5. The summed E-state index contributed by atoms with van der Waals surface area (Å²) in [6.45, 7) is 3.09. The van der Waals surface area contributed by atoms with Crippen molar-refractivity contribution in [2.45, 2.75) is 25.8 Å². The Hall–Kier alpha value is -0.570. The van der Waals surface area contributed by atoms with E-state index in [0.29, 0.717) is 5.92 Å². The van der Waals surface area contributed by atoms with E-state index >= 15 is 0 Å². The van der Waals surface area contributed by atoms with E-state index in [9.17, 15) is 4.79 Å². The minimum atomic E-state index is -0.128. The van der Waals surface area contributed by atoms with E-state index in [1.165, 1.54) is 7.11 Å². The summed E-state index contributed by atoms with van der Waals surface area (Å²) in [7, 11) is 1.43. The molecule has 1 aliphatic heterocycles. The molecule has 64 valence electrons. The summed E-state index contributed by atoms with van der Waals surface area (Å²) in [4.78, 5) is 11.0. The van der Waals surface area contributed by atoms with Crippen LogP contribution in [0.2, 0.25) is 0 Å². The Morgan fingerprint density at radius 3 is 2.91 bits per heavy atom. The van der Waals surface area contributed by atoms with Gasteiger partial charge in [-0.2, -0.15) is 0 Å². The molecule has 0 aromatic heterocycles. The van der Waals surface area contributed by atoms with E-state index in [4.69, 9.17) is 0 Å². The van der Waals surface area contributed by atoms with E-state index in [1.54, 1.807) is 0 Å². The minimum absolute atomic E-state index is 0.0660. The van der Waals surface area contributed by atoms with E-state index in [2.05, 4.69) is 17.0 Å². The number of piperidine rings is 1. The topological polar surface area (TPSA) is 38.3 Å². The first-order chi connectivity index (χ1) is 5.24. The van der Waals surface area contributed by atoms with Crippen LogP contribution in [0.25, 0.3) is 0 Å². The molecule has 1 fully saturated rings. The number of hydrogen-bond acceptors (Lipinski definition) is 3. The summed E-state index contributed by atoms with van der Waals surface area (Å²) >= 11 is 0. The second-order valence-electron chi connectivity index (χ2n) is 3.16. The average Bonchev–Trinajstić information content (AvgIpc) is 2.03. The Balaban J connectivity index is 2.39. The number of methoxy groups -OCH3 is 1. The second-order valence-corrected chi connectivity index (χ2v) is 3.16. The molecule has 3 nitrogen and oxygen atoms in total. The molecule has 0 unspecified atom stereocenters. The third-order valence-corrected chi connectivity index (χ3v) is 2.15. The van der Waals surface area contributed by atoms with E-state index in [0.717, 1.165) is 19.4 Å². The van der Waals surface area contributed by atoms with Gasteiger partial charge in [0.1, 0.15) is 6.04 Å². The SMILES string of the molecule is COC(=O)[C@@H]1C[C@H](C)CCN1. The van der Waals surface area contributed by atoms with Crippen LogP contribution < -0.4 is 5.32 Å². The molecule has 0 aliphatic carbocycles. The highest BCUT2D eigenvalue weighted by Gasteiger charge is 2.24. The van der Waals surface area contributed by atoms with E-state index < -0.39 is 0 Å². The lowest BCUT2D eigenvalue weighted by atomic mass is 9.94. The molecule has 0 bridgehead atoms. The molecule has 1 aliphatic rings.